The molecule has 5 nitrogen and oxygen atoms in total. The van der Waals surface area contributed by atoms with Crippen LogP contribution in [0.4, 0.5) is 13.2 Å². The smallest absolute Gasteiger partial charge is 0.369 e. The van der Waals surface area contributed by atoms with E-state index in [4.69, 9.17) is 23.1 Å². The summed E-state index contributed by atoms with van der Waals surface area (Å²) in [4.78, 5) is 3.78. The van der Waals surface area contributed by atoms with Crippen LogP contribution in [0.5, 0.6) is 0 Å². The van der Waals surface area contributed by atoms with Crippen molar-refractivity contribution in [1.82, 2.24) is 10.9 Å². The molecule has 2 rings (SSSR count). The SMILES string of the molecule is NC1=NC(N)(c2ccc(Cl)c(C(F)(F)F)c2)NN1. The Morgan fingerprint density at radius 1 is 1.33 bits per heavy atom. The Morgan fingerprint density at radius 2 is 2.00 bits per heavy atom. The van der Waals surface area contributed by atoms with Crippen LogP contribution in [-0.2, 0) is 12.0 Å². The van der Waals surface area contributed by atoms with Crippen molar-refractivity contribution in [3.63, 3.8) is 0 Å². The predicted molar refractivity (Wildman–Crippen MR) is 60.2 cm³/mol. The maximum absolute atomic E-state index is 12.7. The molecule has 1 heterocycles. The first-order chi connectivity index (χ1) is 8.22. The molecule has 1 atom stereocenters. The Kier molecular flexibility index (Phi) is 2.88. The van der Waals surface area contributed by atoms with Gasteiger partial charge in [0.15, 0.2) is 0 Å². The molecule has 0 radical (unpaired) electrons. The van der Waals surface area contributed by atoms with Gasteiger partial charge in [-0.1, -0.05) is 17.7 Å². The summed E-state index contributed by atoms with van der Waals surface area (Å²) in [5, 5.41) is -0.405. The predicted octanol–water partition coefficient (Wildman–Crippen LogP) is 0.850. The van der Waals surface area contributed by atoms with Crippen molar-refractivity contribution in [2.75, 3.05) is 0 Å². The molecule has 18 heavy (non-hydrogen) atoms. The average molecular weight is 280 g/mol. The number of alkyl halides is 3. The highest BCUT2D eigenvalue weighted by atomic mass is 35.5. The second-order valence-corrected chi connectivity index (χ2v) is 4.11. The standard InChI is InChI=1S/C9H9ClF3N5/c10-6-2-1-4(3-5(6)8(11,12)13)9(15)16-7(14)17-18-9/h1-3,18H,15H2,(H3,14,16,17). The number of hydrazine groups is 1. The lowest BCUT2D eigenvalue weighted by atomic mass is 10.1. The van der Waals surface area contributed by atoms with Crippen LogP contribution in [0, 0.1) is 0 Å². The number of nitrogens with two attached hydrogens (primary N) is 2. The van der Waals surface area contributed by atoms with Gasteiger partial charge in [-0.25, -0.2) is 4.99 Å². The van der Waals surface area contributed by atoms with Gasteiger partial charge in [-0.15, -0.1) is 0 Å². The van der Waals surface area contributed by atoms with Gasteiger partial charge in [-0.2, -0.15) is 18.6 Å². The summed E-state index contributed by atoms with van der Waals surface area (Å²) in [6.07, 6.45) is -4.56. The van der Waals surface area contributed by atoms with Gasteiger partial charge in [0.25, 0.3) is 0 Å². The van der Waals surface area contributed by atoms with Crippen molar-refractivity contribution in [2.24, 2.45) is 16.5 Å². The van der Waals surface area contributed by atoms with E-state index in [-0.39, 0.29) is 11.5 Å². The van der Waals surface area contributed by atoms with Crippen LogP contribution >= 0.6 is 11.6 Å². The number of guanidine groups is 1. The van der Waals surface area contributed by atoms with E-state index in [2.05, 4.69) is 15.8 Å². The van der Waals surface area contributed by atoms with Crippen molar-refractivity contribution in [1.29, 1.82) is 0 Å². The molecule has 0 bridgehead atoms. The zero-order valence-electron chi connectivity index (χ0n) is 8.85. The molecule has 1 aliphatic rings. The fraction of sp³-hybridized carbons (Fsp3) is 0.222. The Bertz CT molecular complexity index is 515. The molecule has 1 aromatic rings. The number of benzene rings is 1. The molecule has 0 aromatic heterocycles. The van der Waals surface area contributed by atoms with E-state index in [0.717, 1.165) is 12.1 Å². The summed E-state index contributed by atoms with van der Waals surface area (Å²) in [5.41, 5.74) is 15.1. The number of halogens is 4. The van der Waals surface area contributed by atoms with Gasteiger partial charge in [0.1, 0.15) is 0 Å². The van der Waals surface area contributed by atoms with E-state index in [0.29, 0.717) is 0 Å². The van der Waals surface area contributed by atoms with Crippen molar-refractivity contribution in [3.8, 4) is 0 Å². The van der Waals surface area contributed by atoms with Crippen LogP contribution < -0.4 is 22.3 Å². The summed E-state index contributed by atoms with van der Waals surface area (Å²) < 4.78 is 38.1. The molecule has 6 N–H and O–H groups in total. The fourth-order valence-electron chi connectivity index (χ4n) is 1.52. The number of nitrogens with one attached hydrogen (secondary N) is 2. The van der Waals surface area contributed by atoms with Gasteiger partial charge in [-0.05, 0) is 12.1 Å². The van der Waals surface area contributed by atoms with E-state index < -0.39 is 22.5 Å². The summed E-state index contributed by atoms with van der Waals surface area (Å²) in [7, 11) is 0. The molecule has 0 saturated carbocycles. The molecule has 98 valence electrons. The minimum absolute atomic E-state index is 0.0130. The number of rotatable bonds is 1. The highest BCUT2D eigenvalue weighted by Gasteiger charge is 2.37. The lowest BCUT2D eigenvalue weighted by Crippen LogP contribution is -2.50. The first-order valence-corrected chi connectivity index (χ1v) is 5.15. The molecule has 0 aliphatic carbocycles. The minimum atomic E-state index is -4.56. The van der Waals surface area contributed by atoms with Crippen LogP contribution in [-0.4, -0.2) is 5.96 Å². The third kappa shape index (κ3) is 2.22. The van der Waals surface area contributed by atoms with Crippen molar-refractivity contribution >= 4 is 17.6 Å². The van der Waals surface area contributed by atoms with Crippen molar-refractivity contribution in [3.05, 3.63) is 34.3 Å². The average Bonchev–Trinajstić information content (AvgIpc) is 2.58. The Balaban J connectivity index is 2.49. The van der Waals surface area contributed by atoms with Crippen LogP contribution in [0.2, 0.25) is 5.02 Å². The third-order valence-electron chi connectivity index (χ3n) is 2.39. The largest absolute Gasteiger partial charge is 0.417 e. The number of hydrogen-bond donors (Lipinski definition) is 4. The van der Waals surface area contributed by atoms with E-state index in [1.165, 1.54) is 6.07 Å². The van der Waals surface area contributed by atoms with Gasteiger partial charge in [0, 0.05) is 5.56 Å². The molecule has 0 saturated heterocycles. The quantitative estimate of drug-likeness (QED) is 0.614. The van der Waals surface area contributed by atoms with E-state index in [1.807, 2.05) is 0 Å². The lowest BCUT2D eigenvalue weighted by molar-refractivity contribution is -0.137. The Labute approximate surface area is 105 Å². The van der Waals surface area contributed by atoms with Gasteiger partial charge in [-0.3, -0.25) is 11.2 Å². The summed E-state index contributed by atoms with van der Waals surface area (Å²) in [5.74, 6) is -1.56. The third-order valence-corrected chi connectivity index (χ3v) is 2.72. The molecule has 1 aliphatic heterocycles. The highest BCUT2D eigenvalue weighted by molar-refractivity contribution is 6.31. The van der Waals surface area contributed by atoms with Crippen LogP contribution in [0.1, 0.15) is 11.1 Å². The van der Waals surface area contributed by atoms with Gasteiger partial charge >= 0.3 is 6.18 Å². The monoisotopic (exact) mass is 279 g/mol. The van der Waals surface area contributed by atoms with Crippen molar-refractivity contribution in [2.45, 2.75) is 12.0 Å². The maximum atomic E-state index is 12.7. The topological polar surface area (TPSA) is 88.5 Å². The summed E-state index contributed by atoms with van der Waals surface area (Å²) in [6, 6.07) is 3.29. The summed E-state index contributed by atoms with van der Waals surface area (Å²) in [6.45, 7) is 0. The van der Waals surface area contributed by atoms with Crippen LogP contribution in [0.3, 0.4) is 0 Å². The first kappa shape index (κ1) is 12.9. The zero-order valence-corrected chi connectivity index (χ0v) is 9.60. The summed E-state index contributed by atoms with van der Waals surface area (Å²) >= 11 is 5.50. The molecule has 0 amide bonds. The van der Waals surface area contributed by atoms with E-state index in [1.54, 1.807) is 0 Å². The second kappa shape index (κ2) is 4.01. The Hall–Kier alpha value is -1.51. The minimum Gasteiger partial charge on any atom is -0.369 e. The zero-order chi connectivity index (χ0) is 13.6. The Morgan fingerprint density at radius 3 is 2.50 bits per heavy atom. The van der Waals surface area contributed by atoms with Gasteiger partial charge in [0.05, 0.1) is 10.6 Å². The molecule has 1 aromatic carbocycles. The second-order valence-electron chi connectivity index (χ2n) is 3.71. The molecule has 0 spiro atoms. The molecular weight excluding hydrogens is 271 g/mol. The molecule has 0 fully saturated rings. The highest BCUT2D eigenvalue weighted by Crippen LogP contribution is 2.36. The number of nitrogens with zero attached hydrogens (tertiary/aromatic N) is 1. The molecule has 9 heteroatoms. The van der Waals surface area contributed by atoms with Crippen LogP contribution in [0.25, 0.3) is 0 Å². The number of aliphatic imine (C=N–C) groups is 1. The normalized spacial score (nSPS) is 23.7. The maximum Gasteiger partial charge on any atom is 0.417 e. The van der Waals surface area contributed by atoms with Crippen molar-refractivity contribution < 1.29 is 13.2 Å². The van der Waals surface area contributed by atoms with E-state index >= 15 is 0 Å². The molecule has 1 unspecified atom stereocenters. The fourth-order valence-corrected chi connectivity index (χ4v) is 1.75. The first-order valence-electron chi connectivity index (χ1n) is 4.77. The van der Waals surface area contributed by atoms with E-state index in [9.17, 15) is 13.2 Å². The van der Waals surface area contributed by atoms with Crippen LogP contribution in [0.15, 0.2) is 23.2 Å². The van der Waals surface area contributed by atoms with Gasteiger partial charge < -0.3 is 5.73 Å². The van der Waals surface area contributed by atoms with Gasteiger partial charge in [0.2, 0.25) is 11.7 Å². The lowest BCUT2D eigenvalue weighted by Gasteiger charge is -2.22. The molecular formula is C9H9ClF3N5. The number of hydrogen-bond acceptors (Lipinski definition) is 5.